The molecule has 9 nitrogen and oxygen atoms in total. The van der Waals surface area contributed by atoms with E-state index in [0.29, 0.717) is 24.2 Å². The Morgan fingerprint density at radius 2 is 1.86 bits per heavy atom. The van der Waals surface area contributed by atoms with Crippen LogP contribution >= 0.6 is 0 Å². The molecule has 5 rings (SSSR count). The van der Waals surface area contributed by atoms with Crippen molar-refractivity contribution in [3.8, 4) is 11.6 Å². The summed E-state index contributed by atoms with van der Waals surface area (Å²) in [7, 11) is 0. The van der Waals surface area contributed by atoms with E-state index in [9.17, 15) is 23.1 Å². The average molecular weight is 515 g/mol. The standard InChI is InChI=1S/C25H25F3N6O3/c1-14-20(4-6-35)15(2)33(31-14)24-10-23(21(28)11-29-24)37-19-12-32(13-19)25(36)34-22(3-5-30-34)16-7-17(26)9-18(27)8-16/h5,7-11,19,22,35H,3-4,6,12-13H2,1-2H3/t22-/m0/s1. The number of aliphatic hydroxyl groups excluding tert-OH is 1. The second-order valence-electron chi connectivity index (χ2n) is 9.03. The van der Waals surface area contributed by atoms with Gasteiger partial charge in [0.05, 0.1) is 31.0 Å². The van der Waals surface area contributed by atoms with Gasteiger partial charge in [0.1, 0.15) is 17.7 Å². The molecule has 194 valence electrons. The van der Waals surface area contributed by atoms with Crippen molar-refractivity contribution in [1.29, 1.82) is 0 Å². The lowest BCUT2D eigenvalue weighted by molar-refractivity contribution is 0.0256. The number of hydrogen-bond acceptors (Lipinski definition) is 6. The summed E-state index contributed by atoms with van der Waals surface area (Å²) in [6.07, 6.45) is 2.90. The Bertz CT molecular complexity index is 1350. The molecule has 0 aliphatic carbocycles. The normalized spacial score (nSPS) is 17.4. The number of carbonyl (C=O) groups excluding carboxylic acids is 1. The molecule has 2 amide bonds. The van der Waals surface area contributed by atoms with Crippen molar-refractivity contribution in [3.05, 3.63) is 70.4 Å². The topological polar surface area (TPSA) is 96.1 Å². The van der Waals surface area contributed by atoms with Crippen LogP contribution in [0.5, 0.6) is 5.75 Å². The molecule has 2 aliphatic heterocycles. The predicted molar refractivity (Wildman–Crippen MR) is 127 cm³/mol. The summed E-state index contributed by atoms with van der Waals surface area (Å²) in [5.74, 6) is -1.76. The van der Waals surface area contributed by atoms with Gasteiger partial charge in [-0.2, -0.15) is 10.2 Å². The molecule has 0 spiro atoms. The van der Waals surface area contributed by atoms with E-state index < -0.39 is 35.6 Å². The van der Waals surface area contributed by atoms with Gasteiger partial charge in [0, 0.05) is 37.1 Å². The molecule has 1 saturated heterocycles. The first kappa shape index (κ1) is 24.8. The number of hydrogen-bond donors (Lipinski definition) is 1. The highest BCUT2D eigenvalue weighted by Gasteiger charge is 2.39. The Morgan fingerprint density at radius 1 is 1.14 bits per heavy atom. The molecule has 3 aromatic rings. The van der Waals surface area contributed by atoms with E-state index in [1.807, 2.05) is 13.8 Å². The van der Waals surface area contributed by atoms with Crippen molar-refractivity contribution in [2.45, 2.75) is 38.8 Å². The molecule has 1 N–H and O–H groups in total. The fraction of sp³-hybridized carbons (Fsp3) is 0.360. The zero-order valence-corrected chi connectivity index (χ0v) is 20.2. The highest BCUT2D eigenvalue weighted by atomic mass is 19.1. The molecule has 0 radical (unpaired) electrons. The zero-order valence-electron chi connectivity index (χ0n) is 20.2. The molecule has 2 aliphatic rings. The van der Waals surface area contributed by atoms with Crippen LogP contribution in [0.1, 0.15) is 35.0 Å². The van der Waals surface area contributed by atoms with Gasteiger partial charge in [0.15, 0.2) is 17.4 Å². The van der Waals surface area contributed by atoms with Gasteiger partial charge in [-0.15, -0.1) is 0 Å². The summed E-state index contributed by atoms with van der Waals surface area (Å²) in [5, 5.41) is 19.0. The van der Waals surface area contributed by atoms with Gasteiger partial charge in [-0.05, 0) is 43.5 Å². The van der Waals surface area contributed by atoms with Gasteiger partial charge in [-0.3, -0.25) is 0 Å². The number of carbonyl (C=O) groups is 1. The van der Waals surface area contributed by atoms with Gasteiger partial charge < -0.3 is 14.7 Å². The van der Waals surface area contributed by atoms with Crippen molar-refractivity contribution in [2.24, 2.45) is 5.10 Å². The molecule has 0 unspecified atom stereocenters. The number of ether oxygens (including phenoxy) is 1. The largest absolute Gasteiger partial charge is 0.483 e. The van der Waals surface area contributed by atoms with E-state index in [1.54, 1.807) is 4.68 Å². The minimum absolute atomic E-state index is 0.0158. The number of aromatic nitrogens is 3. The van der Waals surface area contributed by atoms with Gasteiger partial charge in [0.2, 0.25) is 0 Å². The van der Waals surface area contributed by atoms with Gasteiger partial charge >= 0.3 is 6.03 Å². The highest BCUT2D eigenvalue weighted by molar-refractivity contribution is 5.79. The van der Waals surface area contributed by atoms with Crippen LogP contribution < -0.4 is 4.74 Å². The van der Waals surface area contributed by atoms with Gasteiger partial charge in [-0.25, -0.2) is 32.6 Å². The highest BCUT2D eigenvalue weighted by Crippen LogP contribution is 2.32. The van der Waals surface area contributed by atoms with Crippen LogP contribution in [-0.4, -0.2) is 67.8 Å². The molecular weight excluding hydrogens is 489 g/mol. The number of nitrogens with zero attached hydrogens (tertiary/aromatic N) is 6. The van der Waals surface area contributed by atoms with Crippen molar-refractivity contribution in [1.82, 2.24) is 24.7 Å². The molecule has 12 heteroatoms. The molecule has 1 fully saturated rings. The first-order chi connectivity index (χ1) is 17.7. The monoisotopic (exact) mass is 514 g/mol. The zero-order chi connectivity index (χ0) is 26.3. The number of halogens is 3. The Balaban J connectivity index is 1.25. The maximum absolute atomic E-state index is 14.5. The average Bonchev–Trinajstić information content (AvgIpc) is 3.42. The molecular formula is C25H25F3N6O3. The number of likely N-dealkylation sites (tertiary alicyclic amines) is 1. The number of benzene rings is 1. The third kappa shape index (κ3) is 4.76. The summed E-state index contributed by atoms with van der Waals surface area (Å²) >= 11 is 0. The van der Waals surface area contributed by atoms with Crippen LogP contribution in [0.15, 0.2) is 35.6 Å². The Kier molecular flexibility index (Phi) is 6.59. The quantitative estimate of drug-likeness (QED) is 0.544. The van der Waals surface area contributed by atoms with E-state index >= 15 is 0 Å². The smallest absolute Gasteiger partial charge is 0.341 e. The fourth-order valence-electron chi connectivity index (χ4n) is 4.62. The molecule has 4 heterocycles. The number of aliphatic hydroxyl groups is 1. The Hall–Kier alpha value is -3.93. The minimum Gasteiger partial charge on any atom is -0.483 e. The molecule has 37 heavy (non-hydrogen) atoms. The van der Waals surface area contributed by atoms with Crippen molar-refractivity contribution in [2.75, 3.05) is 19.7 Å². The molecule has 1 aromatic carbocycles. The first-order valence-corrected chi connectivity index (χ1v) is 11.8. The number of hydrazone groups is 1. The summed E-state index contributed by atoms with van der Waals surface area (Å²) in [4.78, 5) is 18.6. The summed E-state index contributed by atoms with van der Waals surface area (Å²) in [6, 6.07) is 3.54. The number of amides is 2. The van der Waals surface area contributed by atoms with Crippen molar-refractivity contribution >= 4 is 12.2 Å². The van der Waals surface area contributed by atoms with Crippen molar-refractivity contribution < 1.29 is 27.8 Å². The van der Waals surface area contributed by atoms with Gasteiger partial charge in [0.25, 0.3) is 0 Å². The van der Waals surface area contributed by atoms with Crippen LogP contribution in [0, 0.1) is 31.3 Å². The Morgan fingerprint density at radius 3 is 2.57 bits per heavy atom. The van der Waals surface area contributed by atoms with Crippen molar-refractivity contribution in [3.63, 3.8) is 0 Å². The Labute approximate surface area is 210 Å². The maximum atomic E-state index is 14.5. The third-order valence-corrected chi connectivity index (χ3v) is 6.53. The second kappa shape index (κ2) is 9.85. The number of rotatable bonds is 6. The summed E-state index contributed by atoms with van der Waals surface area (Å²) in [5.41, 5.74) is 2.75. The van der Waals surface area contributed by atoms with Crippen LogP contribution in [0.4, 0.5) is 18.0 Å². The van der Waals surface area contributed by atoms with E-state index in [-0.39, 0.29) is 25.4 Å². The SMILES string of the molecule is Cc1nn(-c2cc(OC3CN(C(=O)N4N=CC[C@H]4c4cc(F)cc(F)c4)C3)c(F)cn2)c(C)c1CCO. The fourth-order valence-corrected chi connectivity index (χ4v) is 4.62. The first-order valence-electron chi connectivity index (χ1n) is 11.8. The molecule has 0 saturated carbocycles. The number of pyridine rings is 1. The molecule has 1 atom stereocenters. The second-order valence-corrected chi connectivity index (χ2v) is 9.03. The lowest BCUT2D eigenvalue weighted by Crippen LogP contribution is -2.58. The lowest BCUT2D eigenvalue weighted by atomic mass is 10.0. The summed E-state index contributed by atoms with van der Waals surface area (Å²) in [6.45, 7) is 4.03. The van der Waals surface area contributed by atoms with E-state index in [0.717, 1.165) is 29.2 Å². The number of aryl methyl sites for hydroxylation is 1. The molecule has 0 bridgehead atoms. The lowest BCUT2D eigenvalue weighted by Gasteiger charge is -2.41. The maximum Gasteiger partial charge on any atom is 0.341 e. The van der Waals surface area contributed by atoms with Crippen LogP contribution in [-0.2, 0) is 6.42 Å². The third-order valence-electron chi connectivity index (χ3n) is 6.53. The van der Waals surface area contributed by atoms with Crippen LogP contribution in [0.25, 0.3) is 5.82 Å². The van der Waals surface area contributed by atoms with Crippen LogP contribution in [0.3, 0.4) is 0 Å². The predicted octanol–water partition coefficient (Wildman–Crippen LogP) is 3.45. The number of urea groups is 1. The van der Waals surface area contributed by atoms with E-state index in [2.05, 4.69) is 15.2 Å². The molecule has 2 aromatic heterocycles. The minimum atomic E-state index is -0.726. The van der Waals surface area contributed by atoms with E-state index in [1.165, 1.54) is 34.3 Å². The van der Waals surface area contributed by atoms with Crippen LogP contribution in [0.2, 0.25) is 0 Å². The van der Waals surface area contributed by atoms with Gasteiger partial charge in [-0.1, -0.05) is 0 Å². The van der Waals surface area contributed by atoms with E-state index in [4.69, 9.17) is 4.74 Å². The summed E-state index contributed by atoms with van der Waals surface area (Å²) < 4.78 is 49.3.